The van der Waals surface area contributed by atoms with Gasteiger partial charge in [-0.1, -0.05) is 24.0 Å². The molecule has 0 amide bonds. The molecule has 2 heterocycles. The molecule has 1 aromatic carbocycles. The third-order valence-electron chi connectivity index (χ3n) is 3.49. The summed E-state index contributed by atoms with van der Waals surface area (Å²) >= 11 is 0. The largest absolute Gasteiger partial charge is 0.336 e. The van der Waals surface area contributed by atoms with Crippen molar-refractivity contribution in [3.8, 4) is 0 Å². The van der Waals surface area contributed by atoms with Gasteiger partial charge in [-0.15, -0.1) is 0 Å². The molecule has 0 atom stereocenters. The summed E-state index contributed by atoms with van der Waals surface area (Å²) in [5, 5.41) is 0. The summed E-state index contributed by atoms with van der Waals surface area (Å²) in [6.07, 6.45) is 4.41. The number of rotatable bonds is 4. The molecule has 0 aliphatic heterocycles. The van der Waals surface area contributed by atoms with Crippen LogP contribution in [0.25, 0.3) is 11.2 Å². The SMILES string of the molecule is CCc1ccc(N(CC)c2[nH+]cnc3nc[nH]c23)cc1. The lowest BCUT2D eigenvalue weighted by atomic mass is 10.1. The number of hydrogen-bond donors (Lipinski definition) is 1. The molecule has 0 unspecified atom stereocenters. The minimum atomic E-state index is 0.724. The van der Waals surface area contributed by atoms with Crippen molar-refractivity contribution in [2.75, 3.05) is 11.4 Å². The molecule has 0 saturated heterocycles. The number of hydrogen-bond acceptors (Lipinski definition) is 3. The monoisotopic (exact) mass is 268 g/mol. The standard InChI is InChI=1S/C15H17N5/c1-3-11-5-7-12(8-6-11)20(4-2)15-13-14(17-9-16-13)18-10-19-15/h5-10H,3-4H2,1-2H3,(H,16,17,18,19)/p+1. The first-order valence-corrected chi connectivity index (χ1v) is 6.89. The Bertz CT molecular complexity index is 702. The number of imidazole rings is 1. The summed E-state index contributed by atoms with van der Waals surface area (Å²) < 4.78 is 0. The summed E-state index contributed by atoms with van der Waals surface area (Å²) in [4.78, 5) is 17.0. The minimum absolute atomic E-state index is 0.724. The molecule has 102 valence electrons. The Kier molecular flexibility index (Phi) is 3.33. The zero-order valence-corrected chi connectivity index (χ0v) is 11.7. The molecule has 0 bridgehead atoms. The van der Waals surface area contributed by atoms with Crippen molar-refractivity contribution in [3.63, 3.8) is 0 Å². The number of aromatic amines is 2. The van der Waals surface area contributed by atoms with Gasteiger partial charge >= 0.3 is 0 Å². The van der Waals surface area contributed by atoms with E-state index in [1.54, 1.807) is 12.7 Å². The molecule has 0 radical (unpaired) electrons. The first-order chi connectivity index (χ1) is 9.83. The molecule has 3 aromatic rings. The molecule has 0 aliphatic rings. The molecule has 20 heavy (non-hydrogen) atoms. The average Bonchev–Trinajstić information content (AvgIpc) is 2.98. The molecule has 3 rings (SSSR count). The van der Waals surface area contributed by atoms with Crippen LogP contribution in [0, 0.1) is 0 Å². The first-order valence-electron chi connectivity index (χ1n) is 6.89. The second-order valence-corrected chi connectivity index (χ2v) is 4.62. The smallest absolute Gasteiger partial charge is 0.260 e. The fraction of sp³-hybridized carbons (Fsp3) is 0.267. The van der Waals surface area contributed by atoms with Crippen LogP contribution in [0.15, 0.2) is 36.9 Å². The summed E-state index contributed by atoms with van der Waals surface area (Å²) in [7, 11) is 0. The lowest BCUT2D eigenvalue weighted by Crippen LogP contribution is -2.25. The van der Waals surface area contributed by atoms with Crippen molar-refractivity contribution in [3.05, 3.63) is 42.5 Å². The van der Waals surface area contributed by atoms with Gasteiger partial charge in [0.25, 0.3) is 11.5 Å². The minimum Gasteiger partial charge on any atom is -0.336 e. The second-order valence-electron chi connectivity index (χ2n) is 4.62. The lowest BCUT2D eigenvalue weighted by molar-refractivity contribution is -0.366. The van der Waals surface area contributed by atoms with E-state index in [1.165, 1.54) is 5.56 Å². The molecule has 0 aliphatic carbocycles. The lowest BCUT2D eigenvalue weighted by Gasteiger charge is -2.17. The highest BCUT2D eigenvalue weighted by molar-refractivity contribution is 5.83. The van der Waals surface area contributed by atoms with Gasteiger partial charge in [0.1, 0.15) is 0 Å². The van der Waals surface area contributed by atoms with Crippen LogP contribution in [-0.4, -0.2) is 21.5 Å². The third-order valence-corrected chi connectivity index (χ3v) is 3.49. The van der Waals surface area contributed by atoms with Gasteiger partial charge in [0, 0.05) is 0 Å². The van der Waals surface area contributed by atoms with Crippen LogP contribution in [0.5, 0.6) is 0 Å². The molecule has 5 heteroatoms. The molecule has 5 nitrogen and oxygen atoms in total. The second kappa shape index (κ2) is 5.28. The van der Waals surface area contributed by atoms with Crippen LogP contribution >= 0.6 is 0 Å². The predicted molar refractivity (Wildman–Crippen MR) is 78.9 cm³/mol. The van der Waals surface area contributed by atoms with Crippen molar-refractivity contribution in [1.29, 1.82) is 0 Å². The van der Waals surface area contributed by atoms with E-state index in [1.807, 2.05) is 0 Å². The number of nitrogens with one attached hydrogen (secondary N) is 2. The van der Waals surface area contributed by atoms with Crippen LogP contribution in [0.1, 0.15) is 19.4 Å². The van der Waals surface area contributed by atoms with Crippen molar-refractivity contribution in [2.45, 2.75) is 20.3 Å². The number of aromatic nitrogens is 4. The molecule has 2 N–H and O–H groups in total. The van der Waals surface area contributed by atoms with E-state index >= 15 is 0 Å². The van der Waals surface area contributed by atoms with Gasteiger partial charge in [-0.25, -0.2) is 9.97 Å². The van der Waals surface area contributed by atoms with Crippen LogP contribution < -0.4 is 9.88 Å². The highest BCUT2D eigenvalue weighted by atomic mass is 15.2. The normalized spacial score (nSPS) is 10.9. The predicted octanol–water partition coefficient (Wildman–Crippen LogP) is 2.49. The van der Waals surface area contributed by atoms with Crippen LogP contribution in [0.4, 0.5) is 11.5 Å². The highest BCUT2D eigenvalue weighted by Crippen LogP contribution is 2.25. The van der Waals surface area contributed by atoms with Crippen molar-refractivity contribution < 1.29 is 4.98 Å². The van der Waals surface area contributed by atoms with Crippen LogP contribution in [0.3, 0.4) is 0 Å². The van der Waals surface area contributed by atoms with E-state index in [4.69, 9.17) is 0 Å². The van der Waals surface area contributed by atoms with E-state index in [0.717, 1.165) is 35.6 Å². The topological polar surface area (TPSA) is 59.0 Å². The van der Waals surface area contributed by atoms with Crippen molar-refractivity contribution in [1.82, 2.24) is 15.0 Å². The Balaban J connectivity index is 2.06. The highest BCUT2D eigenvalue weighted by Gasteiger charge is 2.19. The van der Waals surface area contributed by atoms with E-state index in [0.29, 0.717) is 0 Å². The maximum absolute atomic E-state index is 4.22. The zero-order chi connectivity index (χ0) is 13.9. The van der Waals surface area contributed by atoms with Gasteiger partial charge in [-0.2, -0.15) is 0 Å². The third kappa shape index (κ3) is 2.11. The molecule has 2 aromatic heterocycles. The number of H-pyrrole nitrogens is 2. The molecular weight excluding hydrogens is 250 g/mol. The summed E-state index contributed by atoms with van der Waals surface area (Å²) in [6.45, 7) is 5.15. The number of benzene rings is 1. The van der Waals surface area contributed by atoms with E-state index in [9.17, 15) is 0 Å². The van der Waals surface area contributed by atoms with Crippen LogP contribution in [-0.2, 0) is 6.42 Å². The molecule has 0 fully saturated rings. The first kappa shape index (κ1) is 12.6. The van der Waals surface area contributed by atoms with Gasteiger partial charge in [0.05, 0.1) is 18.6 Å². The van der Waals surface area contributed by atoms with E-state index in [2.05, 4.69) is 62.9 Å². The van der Waals surface area contributed by atoms with Gasteiger partial charge < -0.3 is 4.98 Å². The van der Waals surface area contributed by atoms with Gasteiger partial charge in [-0.05, 0) is 31.0 Å². The maximum atomic E-state index is 4.22. The number of anilines is 2. The molecule has 0 saturated carbocycles. The Labute approximate surface area is 117 Å². The van der Waals surface area contributed by atoms with Crippen LogP contribution in [0.2, 0.25) is 0 Å². The van der Waals surface area contributed by atoms with E-state index < -0.39 is 0 Å². The zero-order valence-electron chi connectivity index (χ0n) is 11.7. The number of nitrogens with zero attached hydrogens (tertiary/aromatic N) is 3. The Morgan fingerprint density at radius 3 is 2.65 bits per heavy atom. The number of aryl methyl sites for hydroxylation is 1. The summed E-state index contributed by atoms with van der Waals surface area (Å²) in [6, 6.07) is 8.64. The average molecular weight is 268 g/mol. The van der Waals surface area contributed by atoms with Crippen molar-refractivity contribution >= 4 is 22.7 Å². The Hall–Kier alpha value is -2.43. The summed E-state index contributed by atoms with van der Waals surface area (Å²) in [5.74, 6) is 0.985. The Morgan fingerprint density at radius 2 is 1.95 bits per heavy atom. The summed E-state index contributed by atoms with van der Waals surface area (Å²) in [5.41, 5.74) is 4.15. The molecular formula is C15H18N5+. The molecule has 0 spiro atoms. The number of fused-ring (bicyclic) bond motifs is 1. The quantitative estimate of drug-likeness (QED) is 0.791. The van der Waals surface area contributed by atoms with Gasteiger partial charge in [0.15, 0.2) is 5.52 Å². The Morgan fingerprint density at radius 1 is 1.15 bits per heavy atom. The fourth-order valence-corrected chi connectivity index (χ4v) is 2.38. The van der Waals surface area contributed by atoms with Gasteiger partial charge in [-0.3, -0.25) is 4.90 Å². The van der Waals surface area contributed by atoms with Gasteiger partial charge in [0.2, 0.25) is 6.33 Å². The van der Waals surface area contributed by atoms with Crippen molar-refractivity contribution in [2.24, 2.45) is 0 Å². The fourth-order valence-electron chi connectivity index (χ4n) is 2.38. The maximum Gasteiger partial charge on any atom is 0.260 e. The van der Waals surface area contributed by atoms with E-state index in [-0.39, 0.29) is 0 Å².